The molecule has 0 spiro atoms. The molecule has 29 heavy (non-hydrogen) atoms. The van der Waals surface area contributed by atoms with Crippen LogP contribution in [0.2, 0.25) is 0 Å². The van der Waals surface area contributed by atoms with Crippen molar-refractivity contribution in [3.8, 4) is 11.5 Å². The van der Waals surface area contributed by atoms with E-state index in [-0.39, 0.29) is 5.91 Å². The van der Waals surface area contributed by atoms with Crippen molar-refractivity contribution in [2.75, 3.05) is 39.5 Å². The lowest BCUT2D eigenvalue weighted by Crippen LogP contribution is -2.45. The standard InChI is InChI=1S/C21H28N4O4/c1-15(2)10-22-21(26)17-13-27-20(23-17)12-25-7-5-24(6-8-25)11-16-3-4-18-19(9-16)29-14-28-18/h3-4,9,13,15H,5-8,10-12,14H2,1-2H3,(H,22,26). The number of nitrogens with zero attached hydrogens (tertiary/aromatic N) is 3. The van der Waals surface area contributed by atoms with Crippen LogP contribution in [-0.2, 0) is 13.1 Å². The van der Waals surface area contributed by atoms with Crippen LogP contribution >= 0.6 is 0 Å². The van der Waals surface area contributed by atoms with E-state index in [0.717, 1.165) is 44.2 Å². The molecule has 0 bridgehead atoms. The molecular weight excluding hydrogens is 372 g/mol. The van der Waals surface area contributed by atoms with Crippen molar-refractivity contribution < 1.29 is 18.7 Å². The number of piperazine rings is 1. The predicted octanol–water partition coefficient (Wildman–Crippen LogP) is 2.11. The largest absolute Gasteiger partial charge is 0.454 e. The summed E-state index contributed by atoms with van der Waals surface area (Å²) >= 11 is 0. The van der Waals surface area contributed by atoms with E-state index < -0.39 is 0 Å². The molecule has 1 fully saturated rings. The van der Waals surface area contributed by atoms with Gasteiger partial charge in [-0.05, 0) is 23.6 Å². The van der Waals surface area contributed by atoms with E-state index in [0.29, 0.717) is 37.4 Å². The molecule has 8 heteroatoms. The highest BCUT2D eigenvalue weighted by molar-refractivity contribution is 5.91. The van der Waals surface area contributed by atoms with Gasteiger partial charge in [0.2, 0.25) is 12.7 Å². The van der Waals surface area contributed by atoms with Gasteiger partial charge in [0, 0.05) is 39.3 Å². The third-order valence-corrected chi connectivity index (χ3v) is 5.12. The topological polar surface area (TPSA) is 80.1 Å². The van der Waals surface area contributed by atoms with Crippen LogP contribution in [0.1, 0.15) is 35.8 Å². The fraction of sp³-hybridized carbons (Fsp3) is 0.524. The number of ether oxygens (including phenoxy) is 2. The van der Waals surface area contributed by atoms with E-state index >= 15 is 0 Å². The molecule has 0 atom stereocenters. The Kier molecular flexibility index (Phi) is 6.01. The first-order valence-electron chi connectivity index (χ1n) is 10.1. The Bertz CT molecular complexity index is 843. The van der Waals surface area contributed by atoms with Gasteiger partial charge in [-0.1, -0.05) is 19.9 Å². The number of aromatic nitrogens is 1. The summed E-state index contributed by atoms with van der Waals surface area (Å²) in [6.45, 7) is 10.4. The van der Waals surface area contributed by atoms with Gasteiger partial charge >= 0.3 is 0 Å². The number of benzene rings is 1. The lowest BCUT2D eigenvalue weighted by Gasteiger charge is -2.34. The second kappa shape index (κ2) is 8.84. The molecule has 1 N–H and O–H groups in total. The maximum absolute atomic E-state index is 12.1. The molecule has 1 aromatic carbocycles. The normalized spacial score (nSPS) is 17.1. The summed E-state index contributed by atoms with van der Waals surface area (Å²) in [5.74, 6) is 2.46. The number of amides is 1. The number of hydrogen-bond donors (Lipinski definition) is 1. The van der Waals surface area contributed by atoms with Gasteiger partial charge in [0.05, 0.1) is 6.54 Å². The molecular formula is C21H28N4O4. The van der Waals surface area contributed by atoms with Gasteiger partial charge in [-0.15, -0.1) is 0 Å². The zero-order valence-corrected chi connectivity index (χ0v) is 17.0. The summed E-state index contributed by atoms with van der Waals surface area (Å²) in [6, 6.07) is 6.14. The number of rotatable bonds is 7. The Morgan fingerprint density at radius 2 is 1.83 bits per heavy atom. The minimum absolute atomic E-state index is 0.178. The van der Waals surface area contributed by atoms with Crippen molar-refractivity contribution >= 4 is 5.91 Å². The molecule has 0 unspecified atom stereocenters. The molecule has 1 amide bonds. The smallest absolute Gasteiger partial charge is 0.273 e. The Hall–Kier alpha value is -2.58. The zero-order valence-electron chi connectivity index (χ0n) is 17.0. The maximum Gasteiger partial charge on any atom is 0.273 e. The summed E-state index contributed by atoms with van der Waals surface area (Å²) in [5, 5.41) is 2.86. The fourth-order valence-electron chi connectivity index (χ4n) is 3.47. The first kappa shape index (κ1) is 19.7. The van der Waals surface area contributed by atoms with Crippen LogP contribution in [0, 0.1) is 5.92 Å². The first-order valence-corrected chi connectivity index (χ1v) is 10.1. The third kappa shape index (κ3) is 5.07. The summed E-state index contributed by atoms with van der Waals surface area (Å²) in [5.41, 5.74) is 1.58. The Morgan fingerprint density at radius 1 is 1.10 bits per heavy atom. The minimum atomic E-state index is -0.178. The molecule has 2 aromatic rings. The van der Waals surface area contributed by atoms with Gasteiger partial charge in [-0.2, -0.15) is 0 Å². The molecule has 156 valence electrons. The van der Waals surface area contributed by atoms with Crippen LogP contribution < -0.4 is 14.8 Å². The number of oxazole rings is 1. The van der Waals surface area contributed by atoms with Crippen molar-refractivity contribution in [2.45, 2.75) is 26.9 Å². The highest BCUT2D eigenvalue weighted by atomic mass is 16.7. The van der Waals surface area contributed by atoms with E-state index in [1.165, 1.54) is 11.8 Å². The van der Waals surface area contributed by atoms with Gasteiger partial charge in [0.1, 0.15) is 6.26 Å². The molecule has 2 aliphatic heterocycles. The Morgan fingerprint density at radius 3 is 2.59 bits per heavy atom. The Balaban J connectivity index is 1.23. The summed E-state index contributed by atoms with van der Waals surface area (Å²) < 4.78 is 16.3. The second-order valence-electron chi connectivity index (χ2n) is 7.97. The highest BCUT2D eigenvalue weighted by Gasteiger charge is 2.21. The molecule has 0 aliphatic carbocycles. The molecule has 2 aliphatic rings. The van der Waals surface area contributed by atoms with E-state index in [1.807, 2.05) is 6.07 Å². The summed E-state index contributed by atoms with van der Waals surface area (Å²) in [6.07, 6.45) is 1.45. The maximum atomic E-state index is 12.1. The van der Waals surface area contributed by atoms with E-state index in [1.54, 1.807) is 0 Å². The lowest BCUT2D eigenvalue weighted by atomic mass is 10.1. The number of carbonyl (C=O) groups excluding carboxylic acids is 1. The van der Waals surface area contributed by atoms with Crippen molar-refractivity contribution in [1.82, 2.24) is 20.1 Å². The minimum Gasteiger partial charge on any atom is -0.454 e. The zero-order chi connectivity index (χ0) is 20.2. The first-order chi connectivity index (χ1) is 14.1. The molecule has 1 aromatic heterocycles. The van der Waals surface area contributed by atoms with Gasteiger partial charge in [0.25, 0.3) is 5.91 Å². The molecule has 0 saturated carbocycles. The third-order valence-electron chi connectivity index (χ3n) is 5.12. The van der Waals surface area contributed by atoms with Crippen molar-refractivity contribution in [1.29, 1.82) is 0 Å². The van der Waals surface area contributed by atoms with Crippen molar-refractivity contribution in [2.24, 2.45) is 5.92 Å². The molecule has 4 rings (SSSR count). The van der Waals surface area contributed by atoms with E-state index in [2.05, 4.69) is 46.1 Å². The van der Waals surface area contributed by atoms with Gasteiger partial charge in [-0.25, -0.2) is 4.98 Å². The summed E-state index contributed by atoms with van der Waals surface area (Å²) in [4.78, 5) is 21.1. The monoisotopic (exact) mass is 400 g/mol. The van der Waals surface area contributed by atoms with Crippen LogP contribution in [0.3, 0.4) is 0 Å². The van der Waals surface area contributed by atoms with Gasteiger partial charge < -0.3 is 19.2 Å². The van der Waals surface area contributed by atoms with Crippen LogP contribution in [0.15, 0.2) is 28.9 Å². The van der Waals surface area contributed by atoms with Crippen molar-refractivity contribution in [3.63, 3.8) is 0 Å². The van der Waals surface area contributed by atoms with Crippen LogP contribution in [0.25, 0.3) is 0 Å². The number of fused-ring (bicyclic) bond motifs is 1. The Labute approximate surface area is 170 Å². The fourth-order valence-corrected chi connectivity index (χ4v) is 3.47. The lowest BCUT2D eigenvalue weighted by molar-refractivity contribution is 0.0943. The summed E-state index contributed by atoms with van der Waals surface area (Å²) in [7, 11) is 0. The molecule has 8 nitrogen and oxygen atoms in total. The predicted molar refractivity (Wildman–Crippen MR) is 107 cm³/mol. The van der Waals surface area contributed by atoms with Gasteiger partial charge in [0.15, 0.2) is 17.2 Å². The number of carbonyl (C=O) groups is 1. The number of hydrogen-bond acceptors (Lipinski definition) is 7. The molecule has 1 saturated heterocycles. The van der Waals surface area contributed by atoms with E-state index in [4.69, 9.17) is 13.9 Å². The average Bonchev–Trinajstić information content (AvgIpc) is 3.36. The van der Waals surface area contributed by atoms with E-state index in [9.17, 15) is 4.79 Å². The molecule has 3 heterocycles. The number of nitrogens with one attached hydrogen (secondary N) is 1. The van der Waals surface area contributed by atoms with Crippen molar-refractivity contribution in [3.05, 3.63) is 41.6 Å². The highest BCUT2D eigenvalue weighted by Crippen LogP contribution is 2.32. The van der Waals surface area contributed by atoms with Crippen LogP contribution in [0.4, 0.5) is 0 Å². The van der Waals surface area contributed by atoms with Crippen LogP contribution in [-0.4, -0.2) is 60.2 Å². The molecule has 0 radical (unpaired) electrons. The quantitative estimate of drug-likeness (QED) is 0.762. The average molecular weight is 400 g/mol. The second-order valence-corrected chi connectivity index (χ2v) is 7.97. The van der Waals surface area contributed by atoms with Crippen LogP contribution in [0.5, 0.6) is 11.5 Å². The SMILES string of the molecule is CC(C)CNC(=O)c1coc(CN2CCN(Cc3ccc4c(c3)OCO4)CC2)n1. The van der Waals surface area contributed by atoms with Gasteiger partial charge in [-0.3, -0.25) is 14.6 Å².